The van der Waals surface area contributed by atoms with Gasteiger partial charge in [-0.15, -0.1) is 0 Å². The van der Waals surface area contributed by atoms with Gasteiger partial charge in [-0.2, -0.15) is 0 Å². The van der Waals surface area contributed by atoms with Crippen molar-refractivity contribution in [1.29, 1.82) is 0 Å². The maximum absolute atomic E-state index is 11.4. The molecular formula is C10H11NO3. The molecule has 4 nitrogen and oxygen atoms in total. The summed E-state index contributed by atoms with van der Waals surface area (Å²) in [6, 6.07) is 1.75. The Kier molecular flexibility index (Phi) is 2.13. The second-order valence-corrected chi connectivity index (χ2v) is 3.44. The van der Waals surface area contributed by atoms with Crippen LogP contribution in [-0.2, 0) is 6.54 Å². The fraction of sp³-hybridized carbons (Fsp3) is 0.300. The molecule has 0 atom stereocenters. The summed E-state index contributed by atoms with van der Waals surface area (Å²) in [4.78, 5) is 13.4. The zero-order valence-electron chi connectivity index (χ0n) is 8.11. The van der Waals surface area contributed by atoms with Crippen LogP contribution in [0.2, 0.25) is 0 Å². The molecule has 14 heavy (non-hydrogen) atoms. The molecule has 0 aromatic heterocycles. The first-order valence-corrected chi connectivity index (χ1v) is 4.31. The zero-order valence-corrected chi connectivity index (χ0v) is 8.11. The molecule has 4 heteroatoms. The fourth-order valence-electron chi connectivity index (χ4n) is 1.42. The van der Waals surface area contributed by atoms with E-state index in [1.54, 1.807) is 6.07 Å². The molecule has 0 N–H and O–H groups in total. The highest BCUT2D eigenvalue weighted by atomic mass is 16.4. The normalized spacial score (nSPS) is 11.4. The van der Waals surface area contributed by atoms with Crippen LogP contribution in [0.4, 0.5) is 0 Å². The topological polar surface area (TPSA) is 46.6 Å². The first-order chi connectivity index (χ1) is 6.68. The van der Waals surface area contributed by atoms with E-state index in [0.717, 1.165) is 5.56 Å². The maximum Gasteiger partial charge on any atom is 0.341 e. The lowest BCUT2D eigenvalue weighted by Gasteiger charge is -2.07. The van der Waals surface area contributed by atoms with Crippen LogP contribution in [0.5, 0.6) is 0 Å². The van der Waals surface area contributed by atoms with Crippen LogP contribution in [0.25, 0.3) is 11.3 Å². The van der Waals surface area contributed by atoms with E-state index in [4.69, 9.17) is 8.83 Å². The van der Waals surface area contributed by atoms with Gasteiger partial charge in [0.05, 0.1) is 11.8 Å². The third-order valence-electron chi connectivity index (χ3n) is 2.00. The lowest BCUT2D eigenvalue weighted by atomic mass is 10.1. The van der Waals surface area contributed by atoms with Gasteiger partial charge in [-0.25, -0.2) is 4.79 Å². The summed E-state index contributed by atoms with van der Waals surface area (Å²) in [5, 5.41) is 0. The first-order valence-electron chi connectivity index (χ1n) is 4.31. The van der Waals surface area contributed by atoms with E-state index < -0.39 is 0 Å². The molecule has 0 radical (unpaired) electrons. The Morgan fingerprint density at radius 1 is 1.43 bits per heavy atom. The predicted molar refractivity (Wildman–Crippen MR) is 51.3 cm³/mol. The van der Waals surface area contributed by atoms with Gasteiger partial charge in [0.25, 0.3) is 0 Å². The zero-order chi connectivity index (χ0) is 10.1. The second-order valence-electron chi connectivity index (χ2n) is 3.44. The average molecular weight is 193 g/mol. The van der Waals surface area contributed by atoms with Gasteiger partial charge in [-0.05, 0) is 20.2 Å². The maximum atomic E-state index is 11.4. The predicted octanol–water partition coefficient (Wildman–Crippen LogP) is 1.40. The van der Waals surface area contributed by atoms with Gasteiger partial charge in [0, 0.05) is 12.1 Å². The van der Waals surface area contributed by atoms with Crippen molar-refractivity contribution in [2.45, 2.75) is 6.54 Å². The van der Waals surface area contributed by atoms with Crippen LogP contribution >= 0.6 is 0 Å². The van der Waals surface area contributed by atoms with E-state index in [0.29, 0.717) is 17.9 Å². The number of hydrogen-bond donors (Lipinski definition) is 0. The van der Waals surface area contributed by atoms with Crippen LogP contribution in [-0.4, -0.2) is 19.0 Å². The highest BCUT2D eigenvalue weighted by Crippen LogP contribution is 2.24. The highest BCUT2D eigenvalue weighted by molar-refractivity contribution is 5.61. The van der Waals surface area contributed by atoms with Crippen molar-refractivity contribution in [1.82, 2.24) is 4.90 Å². The SMILES string of the molecule is CN(C)Cc1c2ccocc-2oc1=O. The van der Waals surface area contributed by atoms with Gasteiger partial charge in [-0.3, -0.25) is 0 Å². The minimum atomic E-state index is -0.282. The van der Waals surface area contributed by atoms with Crippen LogP contribution in [0, 0.1) is 0 Å². The Morgan fingerprint density at radius 2 is 2.21 bits per heavy atom. The Morgan fingerprint density at radius 3 is 2.93 bits per heavy atom. The average Bonchev–Trinajstić information content (AvgIpc) is 2.43. The van der Waals surface area contributed by atoms with Crippen molar-refractivity contribution in [2.24, 2.45) is 0 Å². The van der Waals surface area contributed by atoms with E-state index in [1.807, 2.05) is 19.0 Å². The van der Waals surface area contributed by atoms with Crippen LogP contribution in [0.3, 0.4) is 0 Å². The number of nitrogens with zero attached hydrogens (tertiary/aromatic N) is 1. The van der Waals surface area contributed by atoms with Crippen LogP contribution in [0.1, 0.15) is 5.56 Å². The summed E-state index contributed by atoms with van der Waals surface area (Å²) in [7, 11) is 3.82. The molecule has 0 aliphatic carbocycles. The molecule has 0 fully saturated rings. The Labute approximate surface area is 81.1 Å². The van der Waals surface area contributed by atoms with Crippen molar-refractivity contribution >= 4 is 0 Å². The van der Waals surface area contributed by atoms with E-state index in [1.165, 1.54) is 12.5 Å². The molecule has 0 saturated heterocycles. The molecule has 0 aromatic rings. The third-order valence-corrected chi connectivity index (χ3v) is 2.00. The lowest BCUT2D eigenvalue weighted by molar-refractivity contribution is 0.397. The largest absolute Gasteiger partial charge is 0.469 e. The number of rotatable bonds is 2. The fourth-order valence-corrected chi connectivity index (χ4v) is 1.42. The van der Waals surface area contributed by atoms with Crippen LogP contribution < -0.4 is 5.63 Å². The molecular weight excluding hydrogens is 182 g/mol. The highest BCUT2D eigenvalue weighted by Gasteiger charge is 2.17. The molecule has 0 unspecified atom stereocenters. The Hall–Kier alpha value is -1.55. The van der Waals surface area contributed by atoms with Gasteiger partial charge < -0.3 is 13.7 Å². The summed E-state index contributed by atoms with van der Waals surface area (Å²) in [6.07, 6.45) is 2.98. The molecule has 0 amide bonds. The number of fused-ring (bicyclic) bond motifs is 1. The molecule has 2 rings (SSSR count). The number of furan rings is 1. The summed E-state index contributed by atoms with van der Waals surface area (Å²) in [5.41, 5.74) is 1.23. The van der Waals surface area contributed by atoms with Crippen molar-refractivity contribution < 1.29 is 8.83 Å². The lowest BCUT2D eigenvalue weighted by Crippen LogP contribution is -2.15. The smallest absolute Gasteiger partial charge is 0.341 e. The van der Waals surface area contributed by atoms with Gasteiger partial charge in [-0.1, -0.05) is 0 Å². The van der Waals surface area contributed by atoms with Crippen molar-refractivity contribution in [2.75, 3.05) is 14.1 Å². The van der Waals surface area contributed by atoms with Crippen molar-refractivity contribution in [3.8, 4) is 11.3 Å². The van der Waals surface area contributed by atoms with Crippen molar-refractivity contribution in [3.63, 3.8) is 0 Å². The Bertz CT molecular complexity index is 455. The summed E-state index contributed by atoms with van der Waals surface area (Å²) in [5.74, 6) is 0.509. The minimum absolute atomic E-state index is 0.282. The monoisotopic (exact) mass is 193 g/mol. The van der Waals surface area contributed by atoms with Crippen LogP contribution in [0.15, 0.2) is 32.2 Å². The molecule has 0 aromatic carbocycles. The van der Waals surface area contributed by atoms with E-state index in [-0.39, 0.29) is 5.63 Å². The quantitative estimate of drug-likeness (QED) is 0.723. The second kappa shape index (κ2) is 3.31. The standard InChI is InChI=1S/C10H11NO3/c1-11(2)5-8-7-3-4-13-6-9(7)14-10(8)12/h3-4,6H,5H2,1-2H3. The third kappa shape index (κ3) is 1.44. The summed E-state index contributed by atoms with van der Waals surface area (Å²) in [6.45, 7) is 0.579. The van der Waals surface area contributed by atoms with E-state index in [9.17, 15) is 4.79 Å². The molecule has 0 spiro atoms. The molecule has 2 aliphatic heterocycles. The van der Waals surface area contributed by atoms with Gasteiger partial charge in [0.1, 0.15) is 6.26 Å². The van der Waals surface area contributed by atoms with E-state index in [2.05, 4.69) is 0 Å². The molecule has 74 valence electrons. The molecule has 0 saturated carbocycles. The van der Waals surface area contributed by atoms with Crippen molar-refractivity contribution in [3.05, 3.63) is 34.6 Å². The number of hydrogen-bond acceptors (Lipinski definition) is 4. The molecule has 0 bridgehead atoms. The van der Waals surface area contributed by atoms with Gasteiger partial charge in [0.15, 0.2) is 5.76 Å². The summed E-state index contributed by atoms with van der Waals surface area (Å²) >= 11 is 0. The summed E-state index contributed by atoms with van der Waals surface area (Å²) < 4.78 is 9.94. The van der Waals surface area contributed by atoms with Gasteiger partial charge >= 0.3 is 5.63 Å². The van der Waals surface area contributed by atoms with E-state index >= 15 is 0 Å². The first kappa shape index (κ1) is 9.02. The molecule has 2 aliphatic rings. The Balaban J connectivity index is 2.55. The van der Waals surface area contributed by atoms with Gasteiger partial charge in [0.2, 0.25) is 0 Å². The molecule has 2 heterocycles. The minimum Gasteiger partial charge on any atom is -0.469 e.